The van der Waals surface area contributed by atoms with Crippen molar-refractivity contribution in [3.8, 4) is 6.07 Å². The Morgan fingerprint density at radius 3 is 2.44 bits per heavy atom. The van der Waals surface area contributed by atoms with Crippen molar-refractivity contribution in [3.05, 3.63) is 70.4 Å². The first kappa shape index (κ1) is 22.8. The second-order valence-electron chi connectivity index (χ2n) is 8.46. The summed E-state index contributed by atoms with van der Waals surface area (Å²) in [6, 6.07) is 10.6. The number of benzene rings is 2. The molecule has 1 aliphatic carbocycles. The van der Waals surface area contributed by atoms with E-state index >= 15 is 0 Å². The average Bonchev–Trinajstić information content (AvgIpc) is 3.41. The van der Waals surface area contributed by atoms with Crippen LogP contribution in [0.5, 0.6) is 0 Å². The number of hydrogen-bond acceptors (Lipinski definition) is 3. The van der Waals surface area contributed by atoms with Crippen molar-refractivity contribution in [2.45, 2.75) is 43.7 Å². The minimum atomic E-state index is -4.67. The molecule has 0 saturated heterocycles. The minimum absolute atomic E-state index is 0.00109. The number of nitriles is 1. The number of halogens is 6. The summed E-state index contributed by atoms with van der Waals surface area (Å²) in [4.78, 5) is 4.61. The molecule has 0 radical (unpaired) electrons. The predicted octanol–water partition coefficient (Wildman–Crippen LogP) is 6.99. The average molecular weight is 493 g/mol. The van der Waals surface area contributed by atoms with E-state index in [1.807, 2.05) is 4.57 Å². The fourth-order valence-corrected chi connectivity index (χ4v) is 5.43. The molecular weight excluding hydrogens is 476 g/mol. The summed E-state index contributed by atoms with van der Waals surface area (Å²) < 4.78 is 82.5. The lowest BCUT2D eigenvalue weighted by Crippen LogP contribution is -2.16. The second-order valence-corrected chi connectivity index (χ2v) is 9.47. The summed E-state index contributed by atoms with van der Waals surface area (Å²) in [5, 5.41) is 9.72. The second kappa shape index (κ2) is 8.08. The molecule has 0 amide bonds. The molecule has 1 unspecified atom stereocenters. The molecule has 1 saturated carbocycles. The molecule has 2 aromatic carbocycles. The van der Waals surface area contributed by atoms with E-state index in [9.17, 15) is 31.6 Å². The molecule has 1 aromatic heterocycles. The first-order chi connectivity index (χ1) is 16.1. The molecule has 0 spiro atoms. The number of alkyl halides is 6. The quantitative estimate of drug-likeness (QED) is 0.368. The Balaban J connectivity index is 1.52. The van der Waals surface area contributed by atoms with Gasteiger partial charge in [-0.05, 0) is 49.1 Å². The minimum Gasteiger partial charge on any atom is -0.342 e. The van der Waals surface area contributed by atoms with Crippen molar-refractivity contribution < 1.29 is 26.3 Å². The Morgan fingerprint density at radius 1 is 1.03 bits per heavy atom. The van der Waals surface area contributed by atoms with Gasteiger partial charge in [-0.25, -0.2) is 0 Å². The standard InChI is InChI=1S/C24H17F6N3S/c25-23(26,27)16-3-1-2-14(8-16)22-32-17(12-34-22)11-33-19-7-6-15(10-31)21(24(28,29)30)18(19)9-20(33)13-4-5-13/h1-3,6-9,13,17H,4-5,11-12H2. The van der Waals surface area contributed by atoms with Gasteiger partial charge in [0, 0.05) is 34.5 Å². The number of nitrogens with zero attached hydrogens (tertiary/aromatic N) is 3. The van der Waals surface area contributed by atoms with Gasteiger partial charge in [0.1, 0.15) is 0 Å². The Morgan fingerprint density at radius 2 is 1.79 bits per heavy atom. The van der Waals surface area contributed by atoms with E-state index in [2.05, 4.69) is 4.99 Å². The van der Waals surface area contributed by atoms with Crippen molar-refractivity contribution in [2.75, 3.05) is 5.75 Å². The van der Waals surface area contributed by atoms with E-state index in [-0.39, 0.29) is 17.3 Å². The number of aliphatic imine (C=N–C) groups is 1. The summed E-state index contributed by atoms with van der Waals surface area (Å²) in [7, 11) is 0. The van der Waals surface area contributed by atoms with Crippen molar-refractivity contribution in [1.29, 1.82) is 5.26 Å². The van der Waals surface area contributed by atoms with Crippen LogP contribution in [0.15, 0.2) is 47.5 Å². The van der Waals surface area contributed by atoms with E-state index in [1.165, 1.54) is 36.0 Å². The molecule has 2 heterocycles. The Bertz CT molecular complexity index is 1340. The maximum atomic E-state index is 13.8. The summed E-state index contributed by atoms with van der Waals surface area (Å²) >= 11 is 1.34. The highest BCUT2D eigenvalue weighted by Gasteiger charge is 2.38. The van der Waals surface area contributed by atoms with Gasteiger partial charge in [0.05, 0.1) is 33.8 Å². The van der Waals surface area contributed by atoms with Gasteiger partial charge in [0.2, 0.25) is 0 Å². The van der Waals surface area contributed by atoms with Crippen molar-refractivity contribution in [3.63, 3.8) is 0 Å². The number of aromatic nitrogens is 1. The van der Waals surface area contributed by atoms with Gasteiger partial charge >= 0.3 is 12.4 Å². The van der Waals surface area contributed by atoms with Crippen LogP contribution in [0.2, 0.25) is 0 Å². The van der Waals surface area contributed by atoms with Crippen LogP contribution in [-0.2, 0) is 18.9 Å². The lowest BCUT2D eigenvalue weighted by molar-refractivity contribution is -0.138. The topological polar surface area (TPSA) is 41.1 Å². The maximum Gasteiger partial charge on any atom is 0.418 e. The fraction of sp³-hybridized carbons (Fsp3) is 0.333. The van der Waals surface area contributed by atoms with Crippen LogP contribution in [0.1, 0.15) is 46.7 Å². The van der Waals surface area contributed by atoms with Crippen LogP contribution < -0.4 is 0 Å². The molecule has 10 heteroatoms. The van der Waals surface area contributed by atoms with Crippen LogP contribution >= 0.6 is 11.8 Å². The van der Waals surface area contributed by atoms with Crippen molar-refractivity contribution in [1.82, 2.24) is 4.57 Å². The van der Waals surface area contributed by atoms with E-state index < -0.39 is 29.0 Å². The Labute approximate surface area is 195 Å². The van der Waals surface area contributed by atoms with Gasteiger partial charge in [0.15, 0.2) is 0 Å². The molecule has 1 fully saturated rings. The molecule has 1 aliphatic heterocycles. The molecule has 3 nitrogen and oxygen atoms in total. The van der Waals surface area contributed by atoms with E-state index in [1.54, 1.807) is 12.1 Å². The molecular formula is C24H17F6N3S. The van der Waals surface area contributed by atoms with E-state index in [0.717, 1.165) is 30.7 Å². The predicted molar refractivity (Wildman–Crippen MR) is 118 cm³/mol. The summed E-state index contributed by atoms with van der Waals surface area (Å²) in [5.74, 6) is 0.664. The third kappa shape index (κ3) is 4.17. The zero-order valence-corrected chi connectivity index (χ0v) is 18.4. The molecule has 2 aliphatic rings. The Kier molecular flexibility index (Phi) is 5.43. The molecule has 3 aromatic rings. The number of hydrogen-bond donors (Lipinski definition) is 0. The van der Waals surface area contributed by atoms with Crippen LogP contribution in [-0.4, -0.2) is 21.4 Å². The third-order valence-electron chi connectivity index (χ3n) is 6.06. The molecule has 0 N–H and O–H groups in total. The monoisotopic (exact) mass is 493 g/mol. The maximum absolute atomic E-state index is 13.8. The lowest BCUT2D eigenvalue weighted by Gasteiger charge is -2.15. The molecule has 0 bridgehead atoms. The first-order valence-corrected chi connectivity index (χ1v) is 11.6. The van der Waals surface area contributed by atoms with E-state index in [4.69, 9.17) is 0 Å². The normalized spacial score (nSPS) is 18.9. The number of thioether (sulfide) groups is 1. The van der Waals surface area contributed by atoms with Crippen molar-refractivity contribution in [2.24, 2.45) is 4.99 Å². The zero-order valence-electron chi connectivity index (χ0n) is 17.5. The smallest absolute Gasteiger partial charge is 0.342 e. The van der Waals surface area contributed by atoms with Crippen LogP contribution in [0.25, 0.3) is 10.9 Å². The highest BCUT2D eigenvalue weighted by Crippen LogP contribution is 2.45. The SMILES string of the molecule is N#Cc1ccc2c(cc(C3CC3)n2CC2CSC(c3cccc(C(F)(F)F)c3)=N2)c1C(F)(F)F. The number of rotatable bonds is 4. The van der Waals surface area contributed by atoms with Gasteiger partial charge in [-0.3, -0.25) is 4.99 Å². The highest BCUT2D eigenvalue weighted by molar-refractivity contribution is 8.14. The Hall–Kier alpha value is -2.93. The summed E-state index contributed by atoms with van der Waals surface area (Å²) in [6.07, 6.45) is -7.38. The molecule has 1 atom stereocenters. The van der Waals surface area contributed by atoms with Gasteiger partial charge in [-0.2, -0.15) is 31.6 Å². The largest absolute Gasteiger partial charge is 0.418 e. The highest BCUT2D eigenvalue weighted by atomic mass is 32.2. The molecule has 5 rings (SSSR count). The van der Waals surface area contributed by atoms with Gasteiger partial charge in [-0.15, -0.1) is 11.8 Å². The van der Waals surface area contributed by atoms with Gasteiger partial charge in [-0.1, -0.05) is 12.1 Å². The first-order valence-electron chi connectivity index (χ1n) is 10.6. The van der Waals surface area contributed by atoms with Crippen LogP contribution in [0.4, 0.5) is 26.3 Å². The molecule has 34 heavy (non-hydrogen) atoms. The summed E-state index contributed by atoms with van der Waals surface area (Å²) in [6.45, 7) is 0.313. The number of fused-ring (bicyclic) bond motifs is 1. The van der Waals surface area contributed by atoms with Crippen LogP contribution in [0, 0.1) is 11.3 Å². The van der Waals surface area contributed by atoms with Gasteiger partial charge < -0.3 is 4.57 Å². The zero-order chi connectivity index (χ0) is 24.3. The van der Waals surface area contributed by atoms with Crippen LogP contribution in [0.3, 0.4) is 0 Å². The fourth-order valence-electron chi connectivity index (χ4n) is 4.38. The third-order valence-corrected chi connectivity index (χ3v) is 7.23. The van der Waals surface area contributed by atoms with Gasteiger partial charge in [0.25, 0.3) is 0 Å². The van der Waals surface area contributed by atoms with E-state index in [0.29, 0.717) is 28.4 Å². The lowest BCUT2D eigenvalue weighted by atomic mass is 10.0. The summed E-state index contributed by atoms with van der Waals surface area (Å²) in [5.41, 5.74) is -0.551. The van der Waals surface area contributed by atoms with Crippen molar-refractivity contribution >= 4 is 27.7 Å². The molecule has 176 valence electrons.